The number of fused-ring (bicyclic) bond motifs is 1. The lowest BCUT2D eigenvalue weighted by molar-refractivity contribution is -0.139. The molecule has 3 heterocycles. The zero-order valence-electron chi connectivity index (χ0n) is 19.2. The molecule has 0 aliphatic carbocycles. The summed E-state index contributed by atoms with van der Waals surface area (Å²) in [6.45, 7) is 9.74. The molecule has 0 radical (unpaired) electrons. The van der Waals surface area contributed by atoms with E-state index in [0.717, 1.165) is 21.8 Å². The van der Waals surface area contributed by atoms with Crippen molar-refractivity contribution in [2.75, 3.05) is 6.61 Å². The van der Waals surface area contributed by atoms with Gasteiger partial charge < -0.3 is 9.47 Å². The SMILES string of the molecule is CCOC(=O)C1=C(C)N=c2sc(=Cc3sccc3C)c(=O)n2C1c1ccc(OC(C)C)cc1. The Balaban J connectivity index is 1.90. The van der Waals surface area contributed by atoms with Gasteiger partial charge in [0.15, 0.2) is 4.80 Å². The van der Waals surface area contributed by atoms with Crippen molar-refractivity contribution in [2.24, 2.45) is 4.99 Å². The molecule has 1 aliphatic rings. The van der Waals surface area contributed by atoms with Crippen molar-refractivity contribution in [3.8, 4) is 5.75 Å². The molecule has 1 aromatic carbocycles. The monoisotopic (exact) mass is 482 g/mol. The Hall–Kier alpha value is -2.97. The first-order valence-electron chi connectivity index (χ1n) is 10.8. The van der Waals surface area contributed by atoms with Gasteiger partial charge in [-0.1, -0.05) is 23.5 Å². The Bertz CT molecular complexity index is 1390. The van der Waals surface area contributed by atoms with E-state index >= 15 is 0 Å². The molecule has 33 heavy (non-hydrogen) atoms. The number of ether oxygens (including phenoxy) is 2. The lowest BCUT2D eigenvalue weighted by atomic mass is 9.96. The number of aryl methyl sites for hydroxylation is 1. The zero-order valence-corrected chi connectivity index (χ0v) is 20.9. The first-order valence-corrected chi connectivity index (χ1v) is 12.5. The number of carbonyl (C=O) groups is 1. The maximum absolute atomic E-state index is 13.6. The van der Waals surface area contributed by atoms with Gasteiger partial charge >= 0.3 is 5.97 Å². The smallest absolute Gasteiger partial charge is 0.338 e. The van der Waals surface area contributed by atoms with E-state index in [4.69, 9.17) is 9.47 Å². The van der Waals surface area contributed by atoms with Gasteiger partial charge in [-0.05, 0) is 75.4 Å². The number of hydrogen-bond donors (Lipinski definition) is 0. The molecular weight excluding hydrogens is 456 g/mol. The van der Waals surface area contributed by atoms with Gasteiger partial charge in [0.1, 0.15) is 5.75 Å². The third kappa shape index (κ3) is 4.58. The Morgan fingerprint density at radius 3 is 2.55 bits per heavy atom. The minimum atomic E-state index is -0.625. The predicted molar refractivity (Wildman–Crippen MR) is 132 cm³/mol. The van der Waals surface area contributed by atoms with E-state index in [2.05, 4.69) is 4.99 Å². The molecule has 0 N–H and O–H groups in total. The lowest BCUT2D eigenvalue weighted by Crippen LogP contribution is -2.39. The van der Waals surface area contributed by atoms with E-state index in [9.17, 15) is 9.59 Å². The molecule has 0 fully saturated rings. The van der Waals surface area contributed by atoms with Crippen LogP contribution in [0.5, 0.6) is 5.75 Å². The maximum atomic E-state index is 13.6. The number of rotatable bonds is 6. The summed E-state index contributed by atoms with van der Waals surface area (Å²) in [5, 5.41) is 2.00. The highest BCUT2D eigenvalue weighted by Crippen LogP contribution is 2.31. The molecule has 0 bridgehead atoms. The summed E-state index contributed by atoms with van der Waals surface area (Å²) in [5.74, 6) is 0.266. The van der Waals surface area contributed by atoms with Crippen LogP contribution in [0.2, 0.25) is 0 Å². The molecule has 1 atom stereocenters. The molecule has 0 spiro atoms. The molecule has 172 valence electrons. The van der Waals surface area contributed by atoms with Crippen molar-refractivity contribution >= 4 is 34.7 Å². The molecule has 1 aliphatic heterocycles. The summed E-state index contributed by atoms with van der Waals surface area (Å²) in [7, 11) is 0. The largest absolute Gasteiger partial charge is 0.491 e. The molecule has 8 heteroatoms. The summed E-state index contributed by atoms with van der Waals surface area (Å²) < 4.78 is 13.3. The number of nitrogens with zero attached hydrogens (tertiary/aromatic N) is 2. The Labute approximate surface area is 200 Å². The normalized spacial score (nSPS) is 16.1. The third-order valence-electron chi connectivity index (χ3n) is 5.25. The zero-order chi connectivity index (χ0) is 23.7. The van der Waals surface area contributed by atoms with E-state index < -0.39 is 12.0 Å². The van der Waals surface area contributed by atoms with Gasteiger partial charge in [-0.15, -0.1) is 11.3 Å². The van der Waals surface area contributed by atoms with Crippen LogP contribution in [0, 0.1) is 6.92 Å². The van der Waals surface area contributed by atoms with Gasteiger partial charge in [0.05, 0.1) is 34.6 Å². The fourth-order valence-corrected chi connectivity index (χ4v) is 5.72. The highest BCUT2D eigenvalue weighted by atomic mass is 32.1. The van der Waals surface area contributed by atoms with Gasteiger partial charge in [0, 0.05) is 4.88 Å². The molecule has 4 rings (SSSR count). The van der Waals surface area contributed by atoms with E-state index in [1.807, 2.05) is 62.6 Å². The van der Waals surface area contributed by atoms with Crippen LogP contribution in [0.3, 0.4) is 0 Å². The second-order valence-electron chi connectivity index (χ2n) is 8.01. The van der Waals surface area contributed by atoms with E-state index in [1.54, 1.807) is 29.8 Å². The minimum absolute atomic E-state index is 0.0477. The standard InChI is InChI=1S/C25H26N2O4S2/c1-6-30-24(29)21-16(5)26-25-27(22(21)17-7-9-18(10-8-17)31-14(2)3)23(28)20(33-25)13-19-15(4)11-12-32-19/h7-14,22H,6H2,1-5H3. The fraction of sp³-hybridized carbons (Fsp3) is 0.320. The van der Waals surface area contributed by atoms with Crippen molar-refractivity contribution in [3.05, 3.63) is 82.7 Å². The van der Waals surface area contributed by atoms with Crippen LogP contribution in [0.15, 0.2) is 56.8 Å². The van der Waals surface area contributed by atoms with Gasteiger partial charge in [0.25, 0.3) is 5.56 Å². The molecule has 3 aromatic rings. The van der Waals surface area contributed by atoms with Crippen molar-refractivity contribution < 1.29 is 14.3 Å². The van der Waals surface area contributed by atoms with Crippen LogP contribution in [0.4, 0.5) is 0 Å². The topological polar surface area (TPSA) is 69.9 Å². The van der Waals surface area contributed by atoms with Crippen LogP contribution < -0.4 is 19.6 Å². The number of thiophene rings is 1. The maximum Gasteiger partial charge on any atom is 0.338 e. The lowest BCUT2D eigenvalue weighted by Gasteiger charge is -2.25. The summed E-state index contributed by atoms with van der Waals surface area (Å²) in [6.07, 6.45) is 1.95. The summed E-state index contributed by atoms with van der Waals surface area (Å²) in [5.41, 5.74) is 2.67. The third-order valence-corrected chi connectivity index (χ3v) is 7.20. The van der Waals surface area contributed by atoms with Crippen molar-refractivity contribution in [1.82, 2.24) is 4.57 Å². The number of benzene rings is 1. The number of allylic oxidation sites excluding steroid dienone is 1. The van der Waals surface area contributed by atoms with E-state index in [0.29, 0.717) is 20.6 Å². The average molecular weight is 483 g/mol. The summed E-state index contributed by atoms with van der Waals surface area (Å²) >= 11 is 2.92. The molecular formula is C25H26N2O4S2. The number of aromatic nitrogens is 1. The Morgan fingerprint density at radius 2 is 1.94 bits per heavy atom. The van der Waals surface area contributed by atoms with Crippen molar-refractivity contribution in [2.45, 2.75) is 46.8 Å². The quantitative estimate of drug-likeness (QED) is 0.499. The Morgan fingerprint density at radius 1 is 1.21 bits per heavy atom. The first-order chi connectivity index (χ1) is 15.8. The van der Waals surface area contributed by atoms with Crippen LogP contribution in [0.25, 0.3) is 6.08 Å². The highest BCUT2D eigenvalue weighted by Gasteiger charge is 2.33. The number of thiazole rings is 1. The number of carbonyl (C=O) groups excluding carboxylic acids is 1. The second kappa shape index (κ2) is 9.49. The van der Waals surface area contributed by atoms with Gasteiger partial charge in [-0.2, -0.15) is 0 Å². The predicted octanol–water partition coefficient (Wildman–Crippen LogP) is 3.96. The first kappa shape index (κ1) is 23.2. The van der Waals surface area contributed by atoms with Crippen LogP contribution >= 0.6 is 22.7 Å². The highest BCUT2D eigenvalue weighted by molar-refractivity contribution is 7.11. The van der Waals surface area contributed by atoms with Gasteiger partial charge in [0.2, 0.25) is 0 Å². The Kier molecular flexibility index (Phi) is 6.67. The summed E-state index contributed by atoms with van der Waals surface area (Å²) in [6, 6.07) is 8.90. The minimum Gasteiger partial charge on any atom is -0.491 e. The van der Waals surface area contributed by atoms with E-state index in [1.165, 1.54) is 11.3 Å². The molecule has 0 saturated carbocycles. The molecule has 0 saturated heterocycles. The van der Waals surface area contributed by atoms with Crippen molar-refractivity contribution in [1.29, 1.82) is 0 Å². The molecule has 0 amide bonds. The number of hydrogen-bond acceptors (Lipinski definition) is 7. The van der Waals surface area contributed by atoms with Crippen LogP contribution in [-0.2, 0) is 9.53 Å². The molecule has 6 nitrogen and oxygen atoms in total. The molecule has 2 aromatic heterocycles. The fourth-order valence-electron chi connectivity index (χ4n) is 3.76. The van der Waals surface area contributed by atoms with Gasteiger partial charge in [-0.3, -0.25) is 9.36 Å². The number of esters is 1. The van der Waals surface area contributed by atoms with Crippen LogP contribution in [-0.4, -0.2) is 23.2 Å². The average Bonchev–Trinajstić information content (AvgIpc) is 3.30. The molecule has 1 unspecified atom stereocenters. The van der Waals surface area contributed by atoms with Crippen molar-refractivity contribution in [3.63, 3.8) is 0 Å². The second-order valence-corrected chi connectivity index (χ2v) is 9.96. The van der Waals surface area contributed by atoms with Gasteiger partial charge in [-0.25, -0.2) is 9.79 Å². The van der Waals surface area contributed by atoms with Crippen LogP contribution in [0.1, 0.15) is 49.7 Å². The van der Waals surface area contributed by atoms with E-state index in [-0.39, 0.29) is 18.3 Å². The summed E-state index contributed by atoms with van der Waals surface area (Å²) in [4.78, 5) is 32.7.